The highest BCUT2D eigenvalue weighted by molar-refractivity contribution is 5.79. The second-order valence-electron chi connectivity index (χ2n) is 6.03. The zero-order valence-corrected chi connectivity index (χ0v) is 14.0. The molecule has 1 aromatic heterocycles. The average molecular weight is 331 g/mol. The highest BCUT2D eigenvalue weighted by atomic mass is 19.1. The van der Waals surface area contributed by atoms with Crippen molar-refractivity contribution in [2.45, 2.75) is 32.4 Å². The van der Waals surface area contributed by atoms with E-state index in [1.165, 1.54) is 6.07 Å². The Balaban J connectivity index is 1.74. The van der Waals surface area contributed by atoms with Crippen molar-refractivity contribution in [3.8, 4) is 0 Å². The molecule has 2 aromatic rings. The van der Waals surface area contributed by atoms with E-state index >= 15 is 0 Å². The maximum Gasteiger partial charge on any atom is 0.227 e. The number of hydrogen-bond acceptors (Lipinski definition) is 3. The molecule has 24 heavy (non-hydrogen) atoms. The van der Waals surface area contributed by atoms with Gasteiger partial charge in [0, 0.05) is 38.5 Å². The van der Waals surface area contributed by atoms with Gasteiger partial charge in [-0.3, -0.25) is 4.79 Å². The Morgan fingerprint density at radius 3 is 2.92 bits per heavy atom. The van der Waals surface area contributed by atoms with Gasteiger partial charge < -0.3 is 14.2 Å². The van der Waals surface area contributed by atoms with Gasteiger partial charge in [0.15, 0.2) is 0 Å². The minimum Gasteiger partial charge on any atom is -0.384 e. The van der Waals surface area contributed by atoms with Crippen LogP contribution in [0.3, 0.4) is 0 Å². The predicted octanol–water partition coefficient (Wildman–Crippen LogP) is 2.36. The summed E-state index contributed by atoms with van der Waals surface area (Å²) in [6.07, 6.45) is 2.74. The maximum absolute atomic E-state index is 13.8. The van der Waals surface area contributed by atoms with Crippen LogP contribution in [0, 0.1) is 5.82 Å². The Labute approximate surface area is 141 Å². The number of hydrogen-bond donors (Lipinski definition) is 0. The Morgan fingerprint density at radius 1 is 1.38 bits per heavy atom. The van der Waals surface area contributed by atoms with Crippen LogP contribution in [0.15, 0.2) is 30.5 Å². The van der Waals surface area contributed by atoms with Crippen molar-refractivity contribution in [1.82, 2.24) is 14.5 Å². The summed E-state index contributed by atoms with van der Waals surface area (Å²) in [4.78, 5) is 18.9. The normalized spacial score (nSPS) is 17.0. The van der Waals surface area contributed by atoms with Crippen molar-refractivity contribution in [3.05, 3.63) is 53.4 Å². The molecular formula is C18H22FN3O2. The molecular weight excluding hydrogens is 309 g/mol. The Hall–Kier alpha value is -2.21. The number of carbonyl (C=O) groups excluding carboxylic acids is 1. The number of fused-ring (bicyclic) bond motifs is 1. The van der Waals surface area contributed by atoms with E-state index in [0.29, 0.717) is 25.3 Å². The first kappa shape index (κ1) is 16.6. The van der Waals surface area contributed by atoms with Crippen LogP contribution >= 0.6 is 0 Å². The van der Waals surface area contributed by atoms with Crippen molar-refractivity contribution in [2.24, 2.45) is 0 Å². The van der Waals surface area contributed by atoms with Gasteiger partial charge in [0.25, 0.3) is 0 Å². The molecule has 1 aliphatic rings. The third kappa shape index (κ3) is 3.19. The molecule has 1 amide bonds. The molecule has 1 aromatic carbocycles. The molecule has 6 heteroatoms. The Morgan fingerprint density at radius 2 is 2.17 bits per heavy atom. The largest absolute Gasteiger partial charge is 0.384 e. The van der Waals surface area contributed by atoms with Crippen molar-refractivity contribution in [2.75, 3.05) is 20.3 Å². The number of imidazole rings is 1. The van der Waals surface area contributed by atoms with Gasteiger partial charge in [0.1, 0.15) is 11.6 Å². The van der Waals surface area contributed by atoms with Gasteiger partial charge >= 0.3 is 0 Å². The molecule has 0 bridgehead atoms. The topological polar surface area (TPSA) is 47.4 Å². The molecule has 5 nitrogen and oxygen atoms in total. The molecule has 128 valence electrons. The number of carbonyl (C=O) groups is 1. The van der Waals surface area contributed by atoms with Crippen LogP contribution in [0.4, 0.5) is 4.39 Å². The first-order chi connectivity index (χ1) is 11.6. The van der Waals surface area contributed by atoms with Gasteiger partial charge in [-0.2, -0.15) is 0 Å². The fourth-order valence-electron chi connectivity index (χ4n) is 3.21. The van der Waals surface area contributed by atoms with E-state index in [1.807, 2.05) is 13.1 Å². The van der Waals surface area contributed by atoms with E-state index < -0.39 is 0 Å². The number of ether oxygens (including phenoxy) is 1. The summed E-state index contributed by atoms with van der Waals surface area (Å²) >= 11 is 0. The number of rotatable bonds is 5. The second kappa shape index (κ2) is 7.13. The third-order valence-corrected chi connectivity index (χ3v) is 4.56. The van der Waals surface area contributed by atoms with E-state index in [1.54, 1.807) is 30.2 Å². The summed E-state index contributed by atoms with van der Waals surface area (Å²) in [6, 6.07) is 6.31. The fourth-order valence-corrected chi connectivity index (χ4v) is 3.21. The minimum atomic E-state index is -0.334. The van der Waals surface area contributed by atoms with Crippen LogP contribution in [0.2, 0.25) is 0 Å². The maximum atomic E-state index is 13.8. The molecule has 0 radical (unpaired) electrons. The molecule has 1 atom stereocenters. The number of halogens is 1. The lowest BCUT2D eigenvalue weighted by molar-refractivity contribution is -0.133. The van der Waals surface area contributed by atoms with Gasteiger partial charge in [-0.1, -0.05) is 18.2 Å². The number of aromatic nitrogens is 2. The van der Waals surface area contributed by atoms with E-state index in [2.05, 4.69) is 9.55 Å². The fraction of sp³-hybridized carbons (Fsp3) is 0.444. The molecule has 0 saturated carbocycles. The lowest BCUT2D eigenvalue weighted by atomic mass is 10.1. The van der Waals surface area contributed by atoms with Gasteiger partial charge in [0.05, 0.1) is 19.1 Å². The zero-order valence-electron chi connectivity index (χ0n) is 14.0. The SMILES string of the molecule is COCCc1cnc2n1CCN(C(=O)Cc1ccccc1F)C2C. The van der Waals surface area contributed by atoms with E-state index in [-0.39, 0.29) is 24.2 Å². The van der Waals surface area contributed by atoms with Gasteiger partial charge in [-0.05, 0) is 18.6 Å². The van der Waals surface area contributed by atoms with Crippen LogP contribution < -0.4 is 0 Å². The van der Waals surface area contributed by atoms with Gasteiger partial charge in [-0.15, -0.1) is 0 Å². The lowest BCUT2D eigenvalue weighted by Gasteiger charge is -2.34. The Bertz CT molecular complexity index is 729. The summed E-state index contributed by atoms with van der Waals surface area (Å²) in [6.45, 7) is 3.94. The Kier molecular flexibility index (Phi) is 4.94. The number of nitrogens with zero attached hydrogens (tertiary/aromatic N) is 3. The smallest absolute Gasteiger partial charge is 0.227 e. The summed E-state index contributed by atoms with van der Waals surface area (Å²) in [7, 11) is 1.68. The zero-order chi connectivity index (χ0) is 17.1. The lowest BCUT2D eigenvalue weighted by Crippen LogP contribution is -2.42. The molecule has 0 fully saturated rings. The molecule has 0 N–H and O–H groups in total. The van der Waals surface area contributed by atoms with Crippen molar-refractivity contribution in [3.63, 3.8) is 0 Å². The van der Waals surface area contributed by atoms with Crippen LogP contribution in [0.1, 0.15) is 30.0 Å². The molecule has 2 heterocycles. The third-order valence-electron chi connectivity index (χ3n) is 4.56. The number of amides is 1. The van der Waals surface area contributed by atoms with E-state index in [9.17, 15) is 9.18 Å². The van der Waals surface area contributed by atoms with Crippen LogP contribution in [0.5, 0.6) is 0 Å². The number of methoxy groups -OCH3 is 1. The predicted molar refractivity (Wildman–Crippen MR) is 88.0 cm³/mol. The highest BCUT2D eigenvalue weighted by Crippen LogP contribution is 2.26. The van der Waals surface area contributed by atoms with Gasteiger partial charge in [-0.25, -0.2) is 9.37 Å². The van der Waals surface area contributed by atoms with Crippen LogP contribution in [-0.4, -0.2) is 40.6 Å². The van der Waals surface area contributed by atoms with Crippen molar-refractivity contribution in [1.29, 1.82) is 0 Å². The first-order valence-electron chi connectivity index (χ1n) is 8.18. The minimum absolute atomic E-state index is 0.0692. The molecule has 0 saturated heterocycles. The summed E-state index contributed by atoms with van der Waals surface area (Å²) in [5, 5.41) is 0. The van der Waals surface area contributed by atoms with Gasteiger partial charge in [0.2, 0.25) is 5.91 Å². The molecule has 1 aliphatic heterocycles. The average Bonchev–Trinajstić information content (AvgIpc) is 2.99. The van der Waals surface area contributed by atoms with Crippen LogP contribution in [0.25, 0.3) is 0 Å². The highest BCUT2D eigenvalue weighted by Gasteiger charge is 2.30. The summed E-state index contributed by atoms with van der Waals surface area (Å²) < 4.78 is 21.1. The molecule has 0 aliphatic carbocycles. The quantitative estimate of drug-likeness (QED) is 0.845. The van der Waals surface area contributed by atoms with Crippen LogP contribution in [-0.2, 0) is 28.9 Å². The number of benzene rings is 1. The molecule has 0 spiro atoms. The molecule has 3 rings (SSSR count). The van der Waals surface area contributed by atoms with Crippen molar-refractivity contribution < 1.29 is 13.9 Å². The van der Waals surface area contributed by atoms with E-state index in [4.69, 9.17) is 4.74 Å². The standard InChI is InChI=1S/C18H22FN3O2/c1-13-18-20-12-15(7-10-24-2)22(18)9-8-21(13)17(23)11-14-5-3-4-6-16(14)19/h3-6,12-13H,7-11H2,1-2H3. The first-order valence-corrected chi connectivity index (χ1v) is 8.18. The second-order valence-corrected chi connectivity index (χ2v) is 6.03. The summed E-state index contributed by atoms with van der Waals surface area (Å²) in [5.74, 6) is 0.480. The summed E-state index contributed by atoms with van der Waals surface area (Å²) in [5.41, 5.74) is 1.56. The molecule has 1 unspecified atom stereocenters. The monoisotopic (exact) mass is 331 g/mol. The van der Waals surface area contributed by atoms with Crippen molar-refractivity contribution >= 4 is 5.91 Å². The van der Waals surface area contributed by atoms with E-state index in [0.717, 1.165) is 17.9 Å².